The predicted molar refractivity (Wildman–Crippen MR) is 92.4 cm³/mol. The molecule has 7 nitrogen and oxygen atoms in total. The molecule has 0 N–H and O–H groups in total. The van der Waals surface area contributed by atoms with Gasteiger partial charge in [0.25, 0.3) is 11.6 Å². The molecule has 1 amide bonds. The molecule has 0 spiro atoms. The van der Waals surface area contributed by atoms with Crippen LogP contribution in [0.3, 0.4) is 0 Å². The number of carbonyl (C=O) groups is 1. The molecule has 7 heteroatoms. The number of aryl methyl sites for hydroxylation is 1. The Morgan fingerprint density at radius 3 is 2.56 bits per heavy atom. The zero-order chi connectivity index (χ0) is 18.0. The van der Waals surface area contributed by atoms with E-state index in [2.05, 4.69) is 11.8 Å². The van der Waals surface area contributed by atoms with Gasteiger partial charge in [0.2, 0.25) is 0 Å². The number of hydrogen-bond acceptors (Lipinski definition) is 5. The Kier molecular flexibility index (Phi) is 4.85. The summed E-state index contributed by atoms with van der Waals surface area (Å²) in [5.74, 6) is -0.0208. The van der Waals surface area contributed by atoms with E-state index in [1.54, 1.807) is 18.2 Å². The van der Waals surface area contributed by atoms with Crippen LogP contribution < -0.4 is 0 Å². The summed E-state index contributed by atoms with van der Waals surface area (Å²) in [6.45, 7) is 6.73. The average Bonchev–Trinajstić information content (AvgIpc) is 3.15. The van der Waals surface area contributed by atoms with Gasteiger partial charge in [-0.2, -0.15) is 0 Å². The number of piperazine rings is 1. The quantitative estimate of drug-likeness (QED) is 0.630. The van der Waals surface area contributed by atoms with Gasteiger partial charge in [-0.1, -0.05) is 6.07 Å². The van der Waals surface area contributed by atoms with Crippen molar-refractivity contribution >= 4 is 11.6 Å². The molecule has 1 aliphatic rings. The van der Waals surface area contributed by atoms with E-state index in [1.165, 1.54) is 18.6 Å². The molecule has 1 fully saturated rings. The van der Waals surface area contributed by atoms with Crippen LogP contribution in [0, 0.1) is 17.0 Å². The number of carbonyl (C=O) groups excluding carboxylic acids is 1. The molecule has 25 heavy (non-hydrogen) atoms. The average molecular weight is 343 g/mol. The van der Waals surface area contributed by atoms with Crippen molar-refractivity contribution in [3.05, 3.63) is 63.6 Å². The van der Waals surface area contributed by atoms with Crippen molar-refractivity contribution < 1.29 is 14.1 Å². The lowest BCUT2D eigenvalue weighted by atomic mass is 10.00. The summed E-state index contributed by atoms with van der Waals surface area (Å²) in [5.41, 5.74) is 2.68. The Morgan fingerprint density at radius 1 is 1.24 bits per heavy atom. The number of hydrogen-bond donors (Lipinski definition) is 0. The lowest BCUT2D eigenvalue weighted by Crippen LogP contribution is -2.49. The SMILES string of the molecule is Cc1ccc([N+](=O)[O-])cc1C(C)N1CCN(C(=O)c2ccoc2)CC1. The third kappa shape index (κ3) is 3.56. The summed E-state index contributed by atoms with van der Waals surface area (Å²) in [4.78, 5) is 27.1. The van der Waals surface area contributed by atoms with Crippen molar-refractivity contribution in [2.24, 2.45) is 0 Å². The number of non-ortho nitro benzene ring substituents is 1. The molecule has 0 bridgehead atoms. The molecule has 0 aliphatic carbocycles. The monoisotopic (exact) mass is 343 g/mol. The number of nitro groups is 1. The highest BCUT2D eigenvalue weighted by Gasteiger charge is 2.27. The van der Waals surface area contributed by atoms with E-state index in [4.69, 9.17) is 4.42 Å². The fraction of sp³-hybridized carbons (Fsp3) is 0.389. The number of benzene rings is 1. The zero-order valence-corrected chi connectivity index (χ0v) is 14.3. The molecule has 0 radical (unpaired) electrons. The number of nitro benzene ring substituents is 1. The normalized spacial score (nSPS) is 16.6. The largest absolute Gasteiger partial charge is 0.472 e. The Bertz CT molecular complexity index is 765. The Labute approximate surface area is 146 Å². The van der Waals surface area contributed by atoms with Gasteiger partial charge >= 0.3 is 0 Å². The summed E-state index contributed by atoms with van der Waals surface area (Å²) in [5, 5.41) is 11.0. The van der Waals surface area contributed by atoms with Crippen LogP contribution in [0.5, 0.6) is 0 Å². The van der Waals surface area contributed by atoms with Gasteiger partial charge in [-0.25, -0.2) is 0 Å². The van der Waals surface area contributed by atoms with Crippen LogP contribution in [-0.2, 0) is 0 Å². The molecule has 132 valence electrons. The first-order chi connectivity index (χ1) is 12.0. The maximum absolute atomic E-state index is 12.4. The summed E-state index contributed by atoms with van der Waals surface area (Å²) in [7, 11) is 0. The van der Waals surface area contributed by atoms with Crippen molar-refractivity contribution in [3.8, 4) is 0 Å². The van der Waals surface area contributed by atoms with Gasteiger partial charge in [-0.3, -0.25) is 19.8 Å². The Balaban J connectivity index is 1.67. The van der Waals surface area contributed by atoms with Crippen molar-refractivity contribution in [3.63, 3.8) is 0 Å². The highest BCUT2D eigenvalue weighted by Crippen LogP contribution is 2.28. The van der Waals surface area contributed by atoms with E-state index in [0.717, 1.165) is 24.2 Å². The minimum absolute atomic E-state index is 0.0208. The summed E-state index contributed by atoms with van der Waals surface area (Å²) >= 11 is 0. The first kappa shape index (κ1) is 17.2. The van der Waals surface area contributed by atoms with Crippen LogP contribution in [0.25, 0.3) is 0 Å². The van der Waals surface area contributed by atoms with Gasteiger partial charge in [-0.15, -0.1) is 0 Å². The van der Waals surface area contributed by atoms with E-state index in [-0.39, 0.29) is 22.6 Å². The molecular formula is C18H21N3O4. The van der Waals surface area contributed by atoms with Crippen LogP contribution >= 0.6 is 0 Å². The molecular weight excluding hydrogens is 322 g/mol. The highest BCUT2D eigenvalue weighted by atomic mass is 16.6. The van der Waals surface area contributed by atoms with Crippen LogP contribution in [0.1, 0.15) is 34.5 Å². The lowest BCUT2D eigenvalue weighted by molar-refractivity contribution is -0.385. The third-order valence-corrected chi connectivity index (χ3v) is 4.84. The second-order valence-electron chi connectivity index (χ2n) is 6.31. The maximum Gasteiger partial charge on any atom is 0.269 e. The van der Waals surface area contributed by atoms with Crippen molar-refractivity contribution in [1.29, 1.82) is 0 Å². The molecule has 0 saturated carbocycles. The molecule has 1 unspecified atom stereocenters. The van der Waals surface area contributed by atoms with Crippen molar-refractivity contribution in [2.45, 2.75) is 19.9 Å². The molecule has 1 aromatic heterocycles. The van der Waals surface area contributed by atoms with Gasteiger partial charge in [0.1, 0.15) is 6.26 Å². The van der Waals surface area contributed by atoms with Crippen LogP contribution in [-0.4, -0.2) is 46.8 Å². The van der Waals surface area contributed by atoms with E-state index in [0.29, 0.717) is 18.7 Å². The summed E-state index contributed by atoms with van der Waals surface area (Å²) in [6, 6.07) is 6.72. The topological polar surface area (TPSA) is 79.8 Å². The third-order valence-electron chi connectivity index (χ3n) is 4.84. The summed E-state index contributed by atoms with van der Waals surface area (Å²) < 4.78 is 4.97. The first-order valence-corrected chi connectivity index (χ1v) is 8.28. The van der Waals surface area contributed by atoms with Gasteiger partial charge in [0.15, 0.2) is 0 Å². The van der Waals surface area contributed by atoms with Crippen LogP contribution in [0.15, 0.2) is 41.2 Å². The van der Waals surface area contributed by atoms with Gasteiger partial charge < -0.3 is 9.32 Å². The van der Waals surface area contributed by atoms with E-state index < -0.39 is 0 Å². The molecule has 2 aromatic rings. The van der Waals surface area contributed by atoms with E-state index >= 15 is 0 Å². The molecule has 2 heterocycles. The number of nitrogens with zero attached hydrogens (tertiary/aromatic N) is 3. The van der Waals surface area contributed by atoms with Gasteiger partial charge in [0, 0.05) is 44.4 Å². The van der Waals surface area contributed by atoms with Crippen molar-refractivity contribution in [1.82, 2.24) is 9.80 Å². The number of rotatable bonds is 4. The first-order valence-electron chi connectivity index (χ1n) is 8.28. The Hall–Kier alpha value is -2.67. The molecule has 1 saturated heterocycles. The maximum atomic E-state index is 12.4. The zero-order valence-electron chi connectivity index (χ0n) is 14.3. The minimum Gasteiger partial charge on any atom is -0.472 e. The Morgan fingerprint density at radius 2 is 1.96 bits per heavy atom. The number of furan rings is 1. The molecule has 1 aromatic carbocycles. The van der Waals surface area contributed by atoms with Gasteiger partial charge in [0.05, 0.1) is 16.7 Å². The molecule has 3 rings (SSSR count). The van der Waals surface area contributed by atoms with Crippen LogP contribution in [0.4, 0.5) is 5.69 Å². The minimum atomic E-state index is -0.364. The van der Waals surface area contributed by atoms with Crippen LogP contribution in [0.2, 0.25) is 0 Å². The van der Waals surface area contributed by atoms with E-state index in [1.807, 2.05) is 11.8 Å². The van der Waals surface area contributed by atoms with Crippen molar-refractivity contribution in [2.75, 3.05) is 26.2 Å². The van der Waals surface area contributed by atoms with E-state index in [9.17, 15) is 14.9 Å². The predicted octanol–water partition coefficient (Wildman–Crippen LogP) is 3.02. The number of amides is 1. The van der Waals surface area contributed by atoms with Gasteiger partial charge in [-0.05, 0) is 31.0 Å². The second-order valence-corrected chi connectivity index (χ2v) is 6.31. The standard InChI is InChI=1S/C18H21N3O4/c1-13-3-4-16(21(23)24)11-17(13)14(2)19-6-8-20(9-7-19)18(22)15-5-10-25-12-15/h3-5,10-12,14H,6-9H2,1-2H3. The fourth-order valence-corrected chi connectivity index (χ4v) is 3.27. The smallest absolute Gasteiger partial charge is 0.269 e. The fourth-order valence-electron chi connectivity index (χ4n) is 3.27. The molecule has 1 atom stereocenters. The summed E-state index contributed by atoms with van der Waals surface area (Å²) in [6.07, 6.45) is 2.96. The lowest BCUT2D eigenvalue weighted by Gasteiger charge is -2.38. The second kappa shape index (κ2) is 7.06. The highest BCUT2D eigenvalue weighted by molar-refractivity contribution is 5.93. The molecule has 1 aliphatic heterocycles.